The molecule has 0 atom stereocenters. The molecule has 3 aromatic rings. The first-order valence-electron chi connectivity index (χ1n) is 6.48. The van der Waals surface area contributed by atoms with E-state index in [4.69, 9.17) is 5.73 Å². The molecule has 3 rings (SSSR count). The normalized spacial score (nSPS) is 10.7. The Kier molecular flexibility index (Phi) is 2.99. The maximum atomic E-state index is 6.18. The number of nitrogens with zero attached hydrogens (tertiary/aromatic N) is 3. The van der Waals surface area contributed by atoms with E-state index < -0.39 is 0 Å². The molecule has 1 aromatic carbocycles. The first-order chi connectivity index (χ1) is 9.68. The number of nitrogen functional groups attached to an aromatic ring is 1. The van der Waals surface area contributed by atoms with E-state index in [2.05, 4.69) is 29.1 Å². The van der Waals surface area contributed by atoms with E-state index in [1.807, 2.05) is 37.4 Å². The monoisotopic (exact) mass is 264 g/mol. The van der Waals surface area contributed by atoms with Gasteiger partial charge in [-0.3, -0.25) is 9.67 Å². The first-order valence-corrected chi connectivity index (χ1v) is 6.48. The van der Waals surface area contributed by atoms with Crippen molar-refractivity contribution in [2.24, 2.45) is 7.05 Å². The first kappa shape index (κ1) is 12.4. The Morgan fingerprint density at radius 2 is 1.80 bits per heavy atom. The van der Waals surface area contributed by atoms with E-state index in [1.54, 1.807) is 10.9 Å². The topological polar surface area (TPSA) is 56.7 Å². The van der Waals surface area contributed by atoms with Crippen LogP contribution in [0, 0.1) is 6.92 Å². The molecule has 0 aliphatic heterocycles. The molecule has 0 unspecified atom stereocenters. The lowest BCUT2D eigenvalue weighted by Gasteiger charge is -2.05. The zero-order valence-electron chi connectivity index (χ0n) is 11.5. The lowest BCUT2D eigenvalue weighted by atomic mass is 10.0. The molecule has 0 saturated heterocycles. The summed E-state index contributed by atoms with van der Waals surface area (Å²) < 4.78 is 1.70. The van der Waals surface area contributed by atoms with Gasteiger partial charge in [0.15, 0.2) is 0 Å². The van der Waals surface area contributed by atoms with Crippen molar-refractivity contribution in [3.05, 3.63) is 54.2 Å². The Labute approximate surface area is 117 Å². The van der Waals surface area contributed by atoms with Crippen LogP contribution in [0.15, 0.2) is 48.7 Å². The van der Waals surface area contributed by atoms with Crippen molar-refractivity contribution in [3.8, 4) is 22.5 Å². The third-order valence-electron chi connectivity index (χ3n) is 3.41. The van der Waals surface area contributed by atoms with E-state index >= 15 is 0 Å². The predicted octanol–water partition coefficient (Wildman–Crippen LogP) is 3.04. The number of pyridine rings is 1. The molecule has 4 heteroatoms. The number of aromatic nitrogens is 3. The SMILES string of the molecule is Cc1ccccc1-c1nn(C)c(N)c1-c1ccccn1. The number of nitrogens with two attached hydrogens (primary N) is 1. The predicted molar refractivity (Wildman–Crippen MR) is 81.0 cm³/mol. The van der Waals surface area contributed by atoms with Gasteiger partial charge in [-0.05, 0) is 24.6 Å². The summed E-state index contributed by atoms with van der Waals surface area (Å²) in [5, 5.41) is 4.57. The van der Waals surface area contributed by atoms with Gasteiger partial charge in [0, 0.05) is 18.8 Å². The Hall–Kier alpha value is -2.62. The van der Waals surface area contributed by atoms with Crippen molar-refractivity contribution in [3.63, 3.8) is 0 Å². The Morgan fingerprint density at radius 1 is 1.05 bits per heavy atom. The minimum Gasteiger partial charge on any atom is -0.383 e. The van der Waals surface area contributed by atoms with Crippen LogP contribution in [0.4, 0.5) is 5.82 Å². The van der Waals surface area contributed by atoms with Crippen LogP contribution in [0.2, 0.25) is 0 Å². The fourth-order valence-corrected chi connectivity index (χ4v) is 2.33. The zero-order valence-corrected chi connectivity index (χ0v) is 11.5. The molecule has 0 radical (unpaired) electrons. The highest BCUT2D eigenvalue weighted by atomic mass is 15.3. The summed E-state index contributed by atoms with van der Waals surface area (Å²) in [5.74, 6) is 0.627. The van der Waals surface area contributed by atoms with Crippen LogP contribution in [-0.4, -0.2) is 14.8 Å². The highest BCUT2D eigenvalue weighted by molar-refractivity contribution is 5.87. The number of aryl methyl sites for hydroxylation is 2. The largest absolute Gasteiger partial charge is 0.383 e. The molecule has 0 spiro atoms. The van der Waals surface area contributed by atoms with Gasteiger partial charge in [0.25, 0.3) is 0 Å². The summed E-state index contributed by atoms with van der Waals surface area (Å²) in [6, 6.07) is 14.0. The highest BCUT2D eigenvalue weighted by Gasteiger charge is 2.18. The van der Waals surface area contributed by atoms with Crippen LogP contribution < -0.4 is 5.73 Å². The van der Waals surface area contributed by atoms with Crippen LogP contribution >= 0.6 is 0 Å². The third-order valence-corrected chi connectivity index (χ3v) is 3.41. The van der Waals surface area contributed by atoms with Crippen molar-refractivity contribution in [2.45, 2.75) is 6.92 Å². The summed E-state index contributed by atoms with van der Waals surface area (Å²) in [5.41, 5.74) is 11.0. The summed E-state index contributed by atoms with van der Waals surface area (Å²) >= 11 is 0. The number of hydrogen-bond acceptors (Lipinski definition) is 3. The lowest BCUT2D eigenvalue weighted by Crippen LogP contribution is -1.98. The minimum absolute atomic E-state index is 0.627. The average Bonchev–Trinajstić information content (AvgIpc) is 2.76. The van der Waals surface area contributed by atoms with E-state index in [0.29, 0.717) is 5.82 Å². The van der Waals surface area contributed by atoms with E-state index in [-0.39, 0.29) is 0 Å². The van der Waals surface area contributed by atoms with Gasteiger partial charge >= 0.3 is 0 Å². The Bertz CT molecular complexity index is 744. The molecule has 0 aliphatic rings. The van der Waals surface area contributed by atoms with Gasteiger partial charge in [0.2, 0.25) is 0 Å². The molecule has 0 aliphatic carbocycles. The summed E-state index contributed by atoms with van der Waals surface area (Å²) in [6.45, 7) is 2.07. The van der Waals surface area contributed by atoms with Crippen LogP contribution in [0.1, 0.15) is 5.56 Å². The van der Waals surface area contributed by atoms with Gasteiger partial charge in [-0.1, -0.05) is 30.3 Å². The maximum absolute atomic E-state index is 6.18. The number of rotatable bonds is 2. The van der Waals surface area contributed by atoms with Crippen LogP contribution in [-0.2, 0) is 7.05 Å². The molecule has 0 saturated carbocycles. The molecular formula is C16H16N4. The quantitative estimate of drug-likeness (QED) is 0.774. The van der Waals surface area contributed by atoms with Crippen LogP contribution in [0.3, 0.4) is 0 Å². The van der Waals surface area contributed by atoms with Crippen molar-refractivity contribution in [1.29, 1.82) is 0 Å². The number of hydrogen-bond donors (Lipinski definition) is 1. The fraction of sp³-hybridized carbons (Fsp3) is 0.125. The zero-order chi connectivity index (χ0) is 14.1. The van der Waals surface area contributed by atoms with Crippen LogP contribution in [0.25, 0.3) is 22.5 Å². The molecule has 100 valence electrons. The molecule has 0 bridgehead atoms. The standard InChI is InChI=1S/C16H16N4/c1-11-7-3-4-8-12(11)15-14(16(17)20(2)19-15)13-9-5-6-10-18-13/h3-10H,17H2,1-2H3. The van der Waals surface area contributed by atoms with Gasteiger partial charge in [0.1, 0.15) is 11.5 Å². The molecule has 0 amide bonds. The van der Waals surface area contributed by atoms with Gasteiger partial charge in [0.05, 0.1) is 11.3 Å². The fourth-order valence-electron chi connectivity index (χ4n) is 2.33. The third kappa shape index (κ3) is 1.95. The van der Waals surface area contributed by atoms with E-state index in [1.165, 1.54) is 5.56 Å². The Morgan fingerprint density at radius 3 is 2.50 bits per heavy atom. The minimum atomic E-state index is 0.627. The van der Waals surface area contributed by atoms with E-state index in [9.17, 15) is 0 Å². The molecule has 0 fully saturated rings. The molecule has 2 aromatic heterocycles. The van der Waals surface area contributed by atoms with Crippen molar-refractivity contribution < 1.29 is 0 Å². The molecule has 20 heavy (non-hydrogen) atoms. The second-order valence-electron chi connectivity index (χ2n) is 4.76. The lowest BCUT2D eigenvalue weighted by molar-refractivity contribution is 0.782. The number of anilines is 1. The van der Waals surface area contributed by atoms with Gasteiger partial charge in [-0.2, -0.15) is 5.10 Å². The average molecular weight is 264 g/mol. The van der Waals surface area contributed by atoms with Crippen LogP contribution in [0.5, 0.6) is 0 Å². The highest BCUT2D eigenvalue weighted by Crippen LogP contribution is 2.35. The second-order valence-corrected chi connectivity index (χ2v) is 4.76. The van der Waals surface area contributed by atoms with Crippen molar-refractivity contribution in [1.82, 2.24) is 14.8 Å². The summed E-state index contributed by atoms with van der Waals surface area (Å²) in [4.78, 5) is 4.41. The summed E-state index contributed by atoms with van der Waals surface area (Å²) in [7, 11) is 1.85. The second kappa shape index (κ2) is 4.81. The van der Waals surface area contributed by atoms with Crippen molar-refractivity contribution in [2.75, 3.05) is 5.73 Å². The molecule has 2 heterocycles. The maximum Gasteiger partial charge on any atom is 0.131 e. The number of benzene rings is 1. The Balaban J connectivity index is 2.28. The van der Waals surface area contributed by atoms with Gasteiger partial charge < -0.3 is 5.73 Å². The van der Waals surface area contributed by atoms with Crippen molar-refractivity contribution >= 4 is 5.82 Å². The smallest absolute Gasteiger partial charge is 0.131 e. The molecule has 2 N–H and O–H groups in total. The van der Waals surface area contributed by atoms with Gasteiger partial charge in [-0.15, -0.1) is 0 Å². The van der Waals surface area contributed by atoms with E-state index in [0.717, 1.165) is 22.5 Å². The summed E-state index contributed by atoms with van der Waals surface area (Å²) in [6.07, 6.45) is 1.77. The molecular weight excluding hydrogens is 248 g/mol. The van der Waals surface area contributed by atoms with Gasteiger partial charge in [-0.25, -0.2) is 0 Å². The molecule has 4 nitrogen and oxygen atoms in total.